The van der Waals surface area contributed by atoms with E-state index in [1.165, 1.54) is 12.1 Å². The number of halogens is 2. The van der Waals surface area contributed by atoms with Crippen LogP contribution in [0, 0.1) is 18.6 Å². The van der Waals surface area contributed by atoms with Gasteiger partial charge >= 0.3 is 0 Å². The van der Waals surface area contributed by atoms with Crippen molar-refractivity contribution in [3.05, 3.63) is 89.1 Å². The molecule has 4 aromatic rings. The quantitative estimate of drug-likeness (QED) is 0.564. The lowest BCUT2D eigenvalue weighted by atomic mass is 10.2. The van der Waals surface area contributed by atoms with Gasteiger partial charge in [-0.1, -0.05) is 12.1 Å². The Kier molecular flexibility index (Phi) is 4.65. The number of rotatable bonds is 5. The van der Waals surface area contributed by atoms with E-state index in [0.29, 0.717) is 29.1 Å². The number of hydrogen-bond acceptors (Lipinski definition) is 3. The van der Waals surface area contributed by atoms with Gasteiger partial charge in [0.1, 0.15) is 23.1 Å². The average molecular weight is 381 g/mol. The van der Waals surface area contributed by atoms with Crippen LogP contribution in [0.15, 0.2) is 59.3 Å². The smallest absolute Gasteiger partial charge is 0.268 e. The Balaban J connectivity index is 1.66. The fourth-order valence-electron chi connectivity index (χ4n) is 3.12. The largest absolute Gasteiger partial charge is 0.460 e. The molecule has 0 fully saturated rings. The van der Waals surface area contributed by atoms with Crippen LogP contribution in [0.3, 0.4) is 0 Å². The lowest BCUT2D eigenvalue weighted by Gasteiger charge is -2.11. The maximum absolute atomic E-state index is 14.2. The van der Waals surface area contributed by atoms with Crippen molar-refractivity contribution in [2.45, 2.75) is 20.0 Å². The third kappa shape index (κ3) is 3.51. The molecule has 1 N–H and O–H groups in total. The number of benzene rings is 1. The molecule has 0 unspecified atom stereocenters. The first kappa shape index (κ1) is 17.9. The van der Waals surface area contributed by atoms with E-state index in [0.717, 1.165) is 11.6 Å². The number of nitrogens with zero attached hydrogens (tertiary/aromatic N) is 2. The zero-order chi connectivity index (χ0) is 19.7. The summed E-state index contributed by atoms with van der Waals surface area (Å²) in [5, 5.41) is 2.84. The van der Waals surface area contributed by atoms with Gasteiger partial charge in [0.2, 0.25) is 0 Å². The summed E-state index contributed by atoms with van der Waals surface area (Å²) in [4.78, 5) is 16.8. The van der Waals surface area contributed by atoms with Crippen molar-refractivity contribution in [1.82, 2.24) is 14.9 Å². The van der Waals surface area contributed by atoms with E-state index < -0.39 is 11.6 Å². The number of fused-ring (bicyclic) bond motifs is 1. The van der Waals surface area contributed by atoms with E-state index in [-0.39, 0.29) is 18.0 Å². The molecule has 0 saturated carbocycles. The maximum Gasteiger partial charge on any atom is 0.268 e. The van der Waals surface area contributed by atoms with Crippen molar-refractivity contribution in [2.24, 2.45) is 0 Å². The monoisotopic (exact) mass is 381 g/mol. The van der Waals surface area contributed by atoms with E-state index in [2.05, 4.69) is 10.3 Å². The SMILES string of the molecule is Cc1cc2c(cc(C(=O)NCc3cccnc3)n2Cc2ccc(F)cc2F)o1. The van der Waals surface area contributed by atoms with Gasteiger partial charge in [-0.3, -0.25) is 9.78 Å². The van der Waals surface area contributed by atoms with Gasteiger partial charge in [-0.05, 0) is 24.6 Å². The van der Waals surface area contributed by atoms with Crippen LogP contribution in [-0.2, 0) is 13.1 Å². The van der Waals surface area contributed by atoms with Gasteiger partial charge in [-0.25, -0.2) is 8.78 Å². The lowest BCUT2D eigenvalue weighted by Crippen LogP contribution is -2.25. The molecule has 1 aromatic carbocycles. The van der Waals surface area contributed by atoms with Crippen molar-refractivity contribution < 1.29 is 18.0 Å². The van der Waals surface area contributed by atoms with E-state index in [9.17, 15) is 13.6 Å². The second-order valence-corrected chi connectivity index (χ2v) is 6.50. The van der Waals surface area contributed by atoms with Crippen LogP contribution in [0.2, 0.25) is 0 Å². The van der Waals surface area contributed by atoms with Gasteiger partial charge < -0.3 is 14.3 Å². The van der Waals surface area contributed by atoms with Crippen LogP contribution in [0.25, 0.3) is 11.1 Å². The zero-order valence-corrected chi connectivity index (χ0v) is 15.1. The zero-order valence-electron chi connectivity index (χ0n) is 15.1. The van der Waals surface area contributed by atoms with Gasteiger partial charge in [0, 0.05) is 42.7 Å². The van der Waals surface area contributed by atoms with Crippen molar-refractivity contribution >= 4 is 17.0 Å². The molecule has 1 amide bonds. The van der Waals surface area contributed by atoms with Crippen LogP contribution in [0.5, 0.6) is 0 Å². The Morgan fingerprint density at radius 1 is 1.21 bits per heavy atom. The summed E-state index contributed by atoms with van der Waals surface area (Å²) in [7, 11) is 0. The summed E-state index contributed by atoms with van der Waals surface area (Å²) >= 11 is 0. The number of aryl methyl sites for hydroxylation is 1. The molecule has 0 aliphatic rings. The topological polar surface area (TPSA) is 60.1 Å². The first-order chi connectivity index (χ1) is 13.5. The van der Waals surface area contributed by atoms with Gasteiger partial charge in [0.25, 0.3) is 5.91 Å². The second kappa shape index (κ2) is 7.26. The molecule has 0 bridgehead atoms. The number of carbonyl (C=O) groups excluding carboxylic acids is 1. The number of hydrogen-bond donors (Lipinski definition) is 1. The minimum atomic E-state index is -0.663. The van der Waals surface area contributed by atoms with E-state index in [4.69, 9.17) is 4.42 Å². The van der Waals surface area contributed by atoms with Crippen LogP contribution < -0.4 is 5.32 Å². The molecule has 28 heavy (non-hydrogen) atoms. The standard InChI is InChI=1S/C21H17F2N3O2/c1-13-7-18-20(28-13)9-19(21(27)25-11-14-3-2-6-24-10-14)26(18)12-15-4-5-16(22)8-17(15)23/h2-10H,11-12H2,1H3,(H,25,27). The van der Waals surface area contributed by atoms with Crippen LogP contribution in [-0.4, -0.2) is 15.5 Å². The summed E-state index contributed by atoms with van der Waals surface area (Å²) in [5.41, 5.74) is 2.68. The summed E-state index contributed by atoms with van der Waals surface area (Å²) in [6.45, 7) is 2.18. The molecule has 7 heteroatoms. The Bertz CT molecular complexity index is 1150. The molecule has 5 nitrogen and oxygen atoms in total. The van der Waals surface area contributed by atoms with Gasteiger partial charge in [-0.2, -0.15) is 0 Å². The average Bonchev–Trinajstić information content (AvgIpc) is 3.19. The molecule has 0 aliphatic heterocycles. The number of furan rings is 1. The minimum absolute atomic E-state index is 0.0736. The lowest BCUT2D eigenvalue weighted by molar-refractivity contribution is 0.0942. The predicted octanol–water partition coefficient (Wildman–Crippen LogP) is 4.19. The van der Waals surface area contributed by atoms with E-state index >= 15 is 0 Å². The molecule has 0 radical (unpaired) electrons. The molecule has 142 valence electrons. The van der Waals surface area contributed by atoms with Crippen LogP contribution in [0.4, 0.5) is 8.78 Å². The molecule has 0 saturated heterocycles. The molecule has 3 aromatic heterocycles. The molecular weight excluding hydrogens is 364 g/mol. The first-order valence-electron chi connectivity index (χ1n) is 8.72. The predicted molar refractivity (Wildman–Crippen MR) is 99.8 cm³/mol. The molecule has 3 heterocycles. The molecule has 4 rings (SSSR count). The number of amides is 1. The van der Waals surface area contributed by atoms with Gasteiger partial charge in [0.15, 0.2) is 5.58 Å². The van der Waals surface area contributed by atoms with Crippen molar-refractivity contribution in [3.8, 4) is 0 Å². The fourth-order valence-corrected chi connectivity index (χ4v) is 3.12. The van der Waals surface area contributed by atoms with Crippen molar-refractivity contribution in [3.63, 3.8) is 0 Å². The number of nitrogens with one attached hydrogen (secondary N) is 1. The molecule has 0 spiro atoms. The van der Waals surface area contributed by atoms with Gasteiger partial charge in [0.05, 0.1) is 12.1 Å². The fraction of sp³-hybridized carbons (Fsp3) is 0.143. The molecule has 0 atom stereocenters. The molecule has 0 aliphatic carbocycles. The van der Waals surface area contributed by atoms with Crippen LogP contribution in [0.1, 0.15) is 27.4 Å². The summed E-state index contributed by atoms with van der Waals surface area (Å²) in [6, 6.07) is 10.5. The van der Waals surface area contributed by atoms with Crippen molar-refractivity contribution in [1.29, 1.82) is 0 Å². The highest BCUT2D eigenvalue weighted by Gasteiger charge is 2.19. The summed E-state index contributed by atoms with van der Waals surface area (Å²) in [5.74, 6) is -0.952. The van der Waals surface area contributed by atoms with E-state index in [1.807, 2.05) is 6.07 Å². The Labute approximate surface area is 159 Å². The highest BCUT2D eigenvalue weighted by atomic mass is 19.1. The normalized spacial score (nSPS) is 11.1. The number of pyridine rings is 1. The highest BCUT2D eigenvalue weighted by Crippen LogP contribution is 2.25. The maximum atomic E-state index is 14.2. The second-order valence-electron chi connectivity index (χ2n) is 6.50. The number of carbonyl (C=O) groups is 1. The summed E-state index contributed by atoms with van der Waals surface area (Å²) < 4.78 is 34.7. The first-order valence-corrected chi connectivity index (χ1v) is 8.72. The third-order valence-electron chi connectivity index (χ3n) is 4.46. The highest BCUT2D eigenvalue weighted by molar-refractivity contribution is 5.97. The van der Waals surface area contributed by atoms with Crippen LogP contribution >= 0.6 is 0 Å². The van der Waals surface area contributed by atoms with Crippen molar-refractivity contribution in [2.75, 3.05) is 0 Å². The van der Waals surface area contributed by atoms with Gasteiger partial charge in [-0.15, -0.1) is 0 Å². The Hall–Kier alpha value is -3.48. The summed E-state index contributed by atoms with van der Waals surface area (Å²) in [6.07, 6.45) is 3.33. The third-order valence-corrected chi connectivity index (χ3v) is 4.46. The number of aromatic nitrogens is 2. The Morgan fingerprint density at radius 3 is 2.82 bits per heavy atom. The molecular formula is C21H17F2N3O2. The Morgan fingerprint density at radius 2 is 2.07 bits per heavy atom. The minimum Gasteiger partial charge on any atom is -0.460 e. The van der Waals surface area contributed by atoms with E-state index in [1.54, 1.807) is 42.1 Å².